The summed E-state index contributed by atoms with van der Waals surface area (Å²) in [4.78, 5) is 15.6. The van der Waals surface area contributed by atoms with E-state index in [4.69, 9.17) is 23.8 Å². The Morgan fingerprint density at radius 2 is 0.893 bits per heavy atom. The van der Waals surface area contributed by atoms with Crippen LogP contribution in [0.15, 0.2) is 185 Å². The fraction of sp³-hybridized carbons (Fsp3) is 0. The Hall–Kier alpha value is -7.63. The third-order valence-corrected chi connectivity index (χ3v) is 11.1. The average molecular weight is 716 g/mol. The van der Waals surface area contributed by atoms with Crippen molar-refractivity contribution in [3.63, 3.8) is 0 Å². The molecule has 0 saturated carbocycles. The average Bonchev–Trinajstić information content (AvgIpc) is 3.85. The van der Waals surface area contributed by atoms with Gasteiger partial charge in [-0.15, -0.1) is 0 Å². The number of benzene rings is 9. The molecule has 3 heterocycles. The van der Waals surface area contributed by atoms with Crippen LogP contribution in [-0.2, 0) is 0 Å². The van der Waals surface area contributed by atoms with Gasteiger partial charge in [-0.2, -0.15) is 0 Å². The molecule has 0 aliphatic heterocycles. The molecule has 5 nitrogen and oxygen atoms in total. The number of nitrogens with zero attached hydrogens (tertiary/aromatic N) is 3. The van der Waals surface area contributed by atoms with Crippen LogP contribution >= 0.6 is 0 Å². The van der Waals surface area contributed by atoms with E-state index >= 15 is 0 Å². The molecule has 0 atom stereocenters. The first-order valence-corrected chi connectivity index (χ1v) is 18.8. The van der Waals surface area contributed by atoms with Gasteiger partial charge in [0.25, 0.3) is 0 Å². The molecule has 0 bridgehead atoms. The topological polar surface area (TPSA) is 65.0 Å². The van der Waals surface area contributed by atoms with Crippen molar-refractivity contribution in [2.75, 3.05) is 0 Å². The fourth-order valence-electron chi connectivity index (χ4n) is 8.48. The second kappa shape index (κ2) is 11.9. The minimum atomic E-state index is 0.590. The Balaban J connectivity index is 1.07. The van der Waals surface area contributed by atoms with E-state index < -0.39 is 0 Å². The highest BCUT2D eigenvalue weighted by Crippen LogP contribution is 2.41. The standard InChI is InChI=1S/C51H29N3O2/c1-2-10-30(11-3-1)32-12-8-13-34(28-32)49-52-50(54-51(53-49)42-16-9-19-45-47(42)41-15-5-7-18-44(41)55-45)35-23-24-36-33(29-35)21-20-31-22-25-40-38(46(31)36)26-27-39-37-14-4-6-17-43(37)56-48(39)40/h1-29H. The third kappa shape index (κ3) is 4.71. The van der Waals surface area contributed by atoms with Gasteiger partial charge in [-0.05, 0) is 80.5 Å². The Kier molecular flexibility index (Phi) is 6.56. The Morgan fingerprint density at radius 1 is 0.304 bits per heavy atom. The van der Waals surface area contributed by atoms with Gasteiger partial charge in [-0.3, -0.25) is 0 Å². The minimum Gasteiger partial charge on any atom is -0.456 e. The smallest absolute Gasteiger partial charge is 0.164 e. The predicted molar refractivity (Wildman–Crippen MR) is 229 cm³/mol. The van der Waals surface area contributed by atoms with E-state index in [9.17, 15) is 0 Å². The van der Waals surface area contributed by atoms with Crippen LogP contribution in [-0.4, -0.2) is 15.0 Å². The van der Waals surface area contributed by atoms with Gasteiger partial charge in [0.2, 0.25) is 0 Å². The summed E-state index contributed by atoms with van der Waals surface area (Å²) in [5.74, 6) is 1.79. The molecule has 260 valence electrons. The summed E-state index contributed by atoms with van der Waals surface area (Å²) in [6.45, 7) is 0. The molecule has 12 rings (SSSR count). The fourth-order valence-corrected chi connectivity index (χ4v) is 8.48. The van der Waals surface area contributed by atoms with E-state index in [2.05, 4.69) is 127 Å². The lowest BCUT2D eigenvalue weighted by Crippen LogP contribution is -2.00. The predicted octanol–water partition coefficient (Wildman–Crippen LogP) is 13.8. The van der Waals surface area contributed by atoms with Crippen LogP contribution < -0.4 is 0 Å². The van der Waals surface area contributed by atoms with E-state index in [0.717, 1.165) is 93.2 Å². The second-order valence-electron chi connectivity index (χ2n) is 14.3. The monoisotopic (exact) mass is 715 g/mol. The van der Waals surface area contributed by atoms with Crippen molar-refractivity contribution < 1.29 is 8.83 Å². The van der Waals surface area contributed by atoms with Crippen molar-refractivity contribution in [2.45, 2.75) is 0 Å². The number of fused-ring (bicyclic) bond motifs is 12. The van der Waals surface area contributed by atoms with Crippen LogP contribution in [0.25, 0.3) is 121 Å². The van der Waals surface area contributed by atoms with Crippen molar-refractivity contribution in [2.24, 2.45) is 0 Å². The summed E-state index contributed by atoms with van der Waals surface area (Å²) in [6, 6.07) is 61.0. The van der Waals surface area contributed by atoms with Crippen LogP contribution in [0.3, 0.4) is 0 Å². The summed E-state index contributed by atoms with van der Waals surface area (Å²) in [5.41, 5.74) is 8.39. The highest BCUT2D eigenvalue weighted by atomic mass is 16.3. The molecular formula is C51H29N3O2. The summed E-state index contributed by atoms with van der Waals surface area (Å²) in [7, 11) is 0. The molecule has 5 heteroatoms. The van der Waals surface area contributed by atoms with Gasteiger partial charge in [-0.1, -0.05) is 133 Å². The minimum absolute atomic E-state index is 0.590. The van der Waals surface area contributed by atoms with Crippen molar-refractivity contribution in [3.8, 4) is 45.3 Å². The zero-order valence-electron chi connectivity index (χ0n) is 29.9. The maximum atomic E-state index is 6.45. The van der Waals surface area contributed by atoms with E-state index in [-0.39, 0.29) is 0 Å². The molecule has 0 saturated heterocycles. The molecule has 0 radical (unpaired) electrons. The highest BCUT2D eigenvalue weighted by molar-refractivity contribution is 6.26. The summed E-state index contributed by atoms with van der Waals surface area (Å²) < 4.78 is 12.7. The lowest BCUT2D eigenvalue weighted by molar-refractivity contribution is 0.669. The quantitative estimate of drug-likeness (QED) is 0.170. The van der Waals surface area contributed by atoms with Gasteiger partial charge >= 0.3 is 0 Å². The molecule has 56 heavy (non-hydrogen) atoms. The Labute approximate surface area is 320 Å². The van der Waals surface area contributed by atoms with E-state index in [1.54, 1.807) is 0 Å². The highest BCUT2D eigenvalue weighted by Gasteiger charge is 2.19. The molecule has 0 spiro atoms. The summed E-state index contributed by atoms with van der Waals surface area (Å²) >= 11 is 0. The van der Waals surface area contributed by atoms with Gasteiger partial charge in [0, 0.05) is 43.6 Å². The summed E-state index contributed by atoms with van der Waals surface area (Å²) in [6.07, 6.45) is 0. The Morgan fingerprint density at radius 3 is 1.77 bits per heavy atom. The summed E-state index contributed by atoms with van der Waals surface area (Å²) in [5, 5.41) is 11.2. The molecule has 3 aromatic heterocycles. The lowest BCUT2D eigenvalue weighted by Gasteiger charge is -2.12. The van der Waals surface area contributed by atoms with Gasteiger partial charge in [0.1, 0.15) is 22.3 Å². The molecule has 0 amide bonds. The molecular weight excluding hydrogens is 687 g/mol. The number of aromatic nitrogens is 3. The molecule has 0 N–H and O–H groups in total. The maximum absolute atomic E-state index is 6.45. The van der Waals surface area contributed by atoms with Crippen molar-refractivity contribution in [3.05, 3.63) is 176 Å². The number of rotatable bonds is 4. The molecule has 0 unspecified atom stereocenters. The van der Waals surface area contributed by atoms with Crippen LogP contribution in [0.1, 0.15) is 0 Å². The number of hydrogen-bond acceptors (Lipinski definition) is 5. The first kappa shape index (κ1) is 30.8. The molecule has 0 aliphatic carbocycles. The van der Waals surface area contributed by atoms with Crippen LogP contribution in [0.2, 0.25) is 0 Å². The van der Waals surface area contributed by atoms with Crippen molar-refractivity contribution in [1.82, 2.24) is 15.0 Å². The molecule has 9 aromatic carbocycles. The van der Waals surface area contributed by atoms with Crippen LogP contribution in [0, 0.1) is 0 Å². The zero-order valence-corrected chi connectivity index (χ0v) is 29.9. The van der Waals surface area contributed by atoms with Crippen LogP contribution in [0.4, 0.5) is 0 Å². The van der Waals surface area contributed by atoms with E-state index in [0.29, 0.717) is 17.5 Å². The van der Waals surface area contributed by atoms with Crippen molar-refractivity contribution >= 4 is 76.2 Å². The number of para-hydroxylation sites is 2. The third-order valence-electron chi connectivity index (χ3n) is 11.1. The number of hydrogen-bond donors (Lipinski definition) is 0. The largest absolute Gasteiger partial charge is 0.456 e. The zero-order chi connectivity index (χ0) is 36.7. The lowest BCUT2D eigenvalue weighted by atomic mass is 9.94. The van der Waals surface area contributed by atoms with Crippen LogP contribution in [0.5, 0.6) is 0 Å². The molecule has 0 aliphatic rings. The second-order valence-corrected chi connectivity index (χ2v) is 14.3. The van der Waals surface area contributed by atoms with Crippen molar-refractivity contribution in [1.29, 1.82) is 0 Å². The number of furan rings is 2. The van der Waals surface area contributed by atoms with E-state index in [1.165, 1.54) is 10.8 Å². The van der Waals surface area contributed by atoms with Gasteiger partial charge in [-0.25, -0.2) is 15.0 Å². The molecule has 0 fully saturated rings. The SMILES string of the molecule is c1ccc(-c2cccc(-c3nc(-c4ccc5c(ccc6ccc7c(ccc8c9ccccc9oc87)c65)c4)nc(-c4cccc5oc6ccccc6c45)n3)c2)cc1. The maximum Gasteiger partial charge on any atom is 0.164 e. The van der Waals surface area contributed by atoms with E-state index in [1.807, 2.05) is 48.5 Å². The normalized spacial score (nSPS) is 11.9. The first-order valence-electron chi connectivity index (χ1n) is 18.8. The molecule has 12 aromatic rings. The van der Waals surface area contributed by atoms with Gasteiger partial charge < -0.3 is 8.83 Å². The first-order chi connectivity index (χ1) is 27.7. The Bertz CT molecular complexity index is 3550. The van der Waals surface area contributed by atoms with Gasteiger partial charge in [0.15, 0.2) is 17.5 Å². The van der Waals surface area contributed by atoms with Gasteiger partial charge in [0.05, 0.1) is 0 Å².